The molecule has 4 aromatic heterocycles. The first-order valence-electron chi connectivity index (χ1n) is 17.1. The molecule has 5 heteroatoms. The highest BCUT2D eigenvalue weighted by Gasteiger charge is 2.19. The largest absolute Gasteiger partial charge is 0.242 e. The third-order valence-corrected chi connectivity index (χ3v) is 14.0. The lowest BCUT2D eigenvalue weighted by molar-refractivity contribution is 1.46. The van der Waals surface area contributed by atoms with Crippen LogP contribution in [0.4, 0.5) is 0 Å². The van der Waals surface area contributed by atoms with Crippen LogP contribution >= 0.6 is 34.0 Å². The van der Waals surface area contributed by atoms with Gasteiger partial charge in [-0.3, -0.25) is 0 Å². The van der Waals surface area contributed by atoms with Crippen LogP contribution in [0.15, 0.2) is 146 Å². The van der Waals surface area contributed by atoms with Crippen LogP contribution in [0.3, 0.4) is 0 Å². The van der Waals surface area contributed by atoms with Crippen LogP contribution in [0.2, 0.25) is 0 Å². The Morgan fingerprint density at radius 2 is 0.784 bits per heavy atom. The molecular weight excluding hydrogens is 677 g/mol. The van der Waals surface area contributed by atoms with Crippen LogP contribution in [0, 0.1) is 0 Å². The monoisotopic (exact) mass is 700 g/mol. The zero-order chi connectivity index (χ0) is 33.2. The highest BCUT2D eigenvalue weighted by atomic mass is 32.1. The van der Waals surface area contributed by atoms with Crippen LogP contribution in [0.5, 0.6) is 0 Å². The summed E-state index contributed by atoms with van der Waals surface area (Å²) in [4.78, 5) is 12.0. The summed E-state index contributed by atoms with van der Waals surface area (Å²) >= 11 is 5.48. The van der Waals surface area contributed by atoms with Crippen molar-refractivity contribution in [3.05, 3.63) is 146 Å². The average molecular weight is 701 g/mol. The summed E-state index contributed by atoms with van der Waals surface area (Å²) in [7, 11) is 0. The van der Waals surface area contributed by atoms with E-state index in [0.717, 1.165) is 37.5 Å². The number of aromatic nitrogens is 2. The van der Waals surface area contributed by atoms with Gasteiger partial charge in [0.25, 0.3) is 0 Å². The molecule has 51 heavy (non-hydrogen) atoms. The summed E-state index contributed by atoms with van der Waals surface area (Å²) < 4.78 is 6.49. The van der Waals surface area contributed by atoms with Crippen molar-refractivity contribution in [3.63, 3.8) is 0 Å². The molecule has 0 atom stereocenters. The first-order valence-corrected chi connectivity index (χ1v) is 19.5. The lowest BCUT2D eigenvalue weighted by atomic mass is 9.93. The van der Waals surface area contributed by atoms with Crippen LogP contribution in [0.25, 0.3) is 116 Å². The lowest BCUT2D eigenvalue weighted by Crippen LogP contribution is -1.91. The van der Waals surface area contributed by atoms with Gasteiger partial charge >= 0.3 is 0 Å². The molecule has 0 saturated carbocycles. The molecule has 0 aliphatic heterocycles. The van der Waals surface area contributed by atoms with Crippen molar-refractivity contribution in [1.29, 1.82) is 0 Å². The van der Waals surface area contributed by atoms with E-state index in [1.807, 2.05) is 22.7 Å². The standard InChI is InChI=1S/C46H24N2S3/c1-4-16-38-31(9-1)33-14-7-12-27(44(33)49-38)25-19-21-29-30-22-20-26(28-13-8-15-34-32-10-2-5-17-39(32)50-45(28)34)24-37(30)42-41(36(29)23-25)47-43-35-11-3-6-18-40(35)51-46(43)48-42/h1-24H. The van der Waals surface area contributed by atoms with E-state index in [1.54, 1.807) is 11.3 Å². The summed E-state index contributed by atoms with van der Waals surface area (Å²) in [6.07, 6.45) is 0. The molecule has 12 aromatic rings. The van der Waals surface area contributed by atoms with E-state index in [0.29, 0.717) is 0 Å². The number of hydrogen-bond acceptors (Lipinski definition) is 5. The Hall–Kier alpha value is -5.72. The molecule has 0 amide bonds. The fraction of sp³-hybridized carbons (Fsp3) is 0. The van der Waals surface area contributed by atoms with E-state index in [9.17, 15) is 0 Å². The maximum Gasteiger partial charge on any atom is 0.143 e. The van der Waals surface area contributed by atoms with E-state index in [1.165, 1.54) is 78.1 Å². The second-order valence-electron chi connectivity index (χ2n) is 13.3. The summed E-state index contributed by atoms with van der Waals surface area (Å²) in [5.41, 5.74) is 7.80. The Labute approximate surface area is 303 Å². The SMILES string of the molecule is c1ccc2c(c1)sc1c(-c3ccc4c5ccc(-c6cccc7c6sc6ccccc67)cc5c5nc6c(nc5c4c3)sc3ccccc36)cccc12. The molecular formula is C46H24N2S3. The van der Waals surface area contributed by atoms with Gasteiger partial charge in [0.05, 0.1) is 11.0 Å². The van der Waals surface area contributed by atoms with E-state index >= 15 is 0 Å². The van der Waals surface area contributed by atoms with Crippen molar-refractivity contribution < 1.29 is 0 Å². The molecule has 0 aliphatic rings. The van der Waals surface area contributed by atoms with E-state index in [4.69, 9.17) is 9.97 Å². The first kappa shape index (κ1) is 28.0. The Bertz CT molecular complexity index is 3440. The fourth-order valence-corrected chi connectivity index (χ4v) is 11.6. The maximum atomic E-state index is 5.51. The summed E-state index contributed by atoms with van der Waals surface area (Å²) in [5.74, 6) is 0. The molecule has 0 saturated heterocycles. The second kappa shape index (κ2) is 10.4. The summed E-state index contributed by atoms with van der Waals surface area (Å²) in [6, 6.07) is 53.4. The summed E-state index contributed by atoms with van der Waals surface area (Å²) in [5, 5.41) is 11.1. The number of nitrogens with zero attached hydrogens (tertiary/aromatic N) is 2. The maximum absolute atomic E-state index is 5.51. The number of thiophene rings is 3. The zero-order valence-electron chi connectivity index (χ0n) is 27.0. The quantitative estimate of drug-likeness (QED) is 0.168. The normalized spacial score (nSPS) is 12.3. The predicted molar refractivity (Wildman–Crippen MR) is 224 cm³/mol. The van der Waals surface area contributed by atoms with Crippen LogP contribution in [0.1, 0.15) is 0 Å². The molecule has 2 nitrogen and oxygen atoms in total. The number of hydrogen-bond donors (Lipinski definition) is 0. The summed E-state index contributed by atoms with van der Waals surface area (Å²) in [6.45, 7) is 0. The Balaban J connectivity index is 1.17. The molecule has 0 N–H and O–H groups in total. The van der Waals surface area contributed by atoms with Gasteiger partial charge in [0.2, 0.25) is 0 Å². The molecule has 0 aliphatic carbocycles. The molecule has 236 valence electrons. The van der Waals surface area contributed by atoms with Gasteiger partial charge in [0.1, 0.15) is 10.3 Å². The highest BCUT2D eigenvalue weighted by Crippen LogP contribution is 2.45. The van der Waals surface area contributed by atoms with Gasteiger partial charge in [-0.25, -0.2) is 9.97 Å². The van der Waals surface area contributed by atoms with Gasteiger partial charge in [0.15, 0.2) is 0 Å². The number of benzene rings is 8. The van der Waals surface area contributed by atoms with Gasteiger partial charge in [-0.2, -0.15) is 0 Å². The molecule has 0 radical (unpaired) electrons. The van der Waals surface area contributed by atoms with Gasteiger partial charge in [-0.1, -0.05) is 115 Å². The zero-order valence-corrected chi connectivity index (χ0v) is 29.4. The molecule has 8 aromatic carbocycles. The first-order chi connectivity index (χ1) is 25.3. The number of rotatable bonds is 2. The fourth-order valence-electron chi connectivity index (χ4n) is 8.13. The van der Waals surface area contributed by atoms with Crippen LogP contribution in [-0.4, -0.2) is 9.97 Å². The minimum Gasteiger partial charge on any atom is -0.242 e. The van der Waals surface area contributed by atoms with E-state index in [2.05, 4.69) is 146 Å². The minimum atomic E-state index is 0.955. The predicted octanol–water partition coefficient (Wildman–Crippen LogP) is 14.4. The van der Waals surface area contributed by atoms with Gasteiger partial charge in [-0.15, -0.1) is 34.0 Å². The Kier molecular flexibility index (Phi) is 5.72. The van der Waals surface area contributed by atoms with E-state index in [-0.39, 0.29) is 0 Å². The lowest BCUT2D eigenvalue weighted by Gasteiger charge is -2.13. The third-order valence-electron chi connectivity index (χ3n) is 10.5. The van der Waals surface area contributed by atoms with Crippen molar-refractivity contribution in [1.82, 2.24) is 9.97 Å². The van der Waals surface area contributed by atoms with Gasteiger partial charge in [0, 0.05) is 61.2 Å². The highest BCUT2D eigenvalue weighted by molar-refractivity contribution is 7.27. The molecule has 0 bridgehead atoms. The van der Waals surface area contributed by atoms with Gasteiger partial charge in [-0.05, 0) is 63.4 Å². The topological polar surface area (TPSA) is 25.8 Å². The van der Waals surface area contributed by atoms with Crippen LogP contribution < -0.4 is 0 Å². The van der Waals surface area contributed by atoms with Crippen molar-refractivity contribution in [2.45, 2.75) is 0 Å². The van der Waals surface area contributed by atoms with Crippen LogP contribution in [-0.2, 0) is 0 Å². The van der Waals surface area contributed by atoms with Crippen molar-refractivity contribution >= 4 is 127 Å². The van der Waals surface area contributed by atoms with Crippen molar-refractivity contribution in [3.8, 4) is 22.3 Å². The molecule has 0 spiro atoms. The Morgan fingerprint density at radius 3 is 1.35 bits per heavy atom. The Morgan fingerprint density at radius 1 is 0.314 bits per heavy atom. The second-order valence-corrected chi connectivity index (χ2v) is 16.4. The molecule has 0 unspecified atom stereocenters. The van der Waals surface area contributed by atoms with E-state index < -0.39 is 0 Å². The molecule has 4 heterocycles. The van der Waals surface area contributed by atoms with Crippen molar-refractivity contribution in [2.75, 3.05) is 0 Å². The van der Waals surface area contributed by atoms with Crippen molar-refractivity contribution in [2.24, 2.45) is 0 Å². The minimum absolute atomic E-state index is 0.955. The third kappa shape index (κ3) is 3.97. The molecule has 12 rings (SSSR count). The smallest absolute Gasteiger partial charge is 0.143 e. The molecule has 0 fully saturated rings. The van der Waals surface area contributed by atoms with Gasteiger partial charge < -0.3 is 0 Å². The average Bonchev–Trinajstić information content (AvgIpc) is 3.88. The number of fused-ring (bicyclic) bond motifs is 15.